The van der Waals surface area contributed by atoms with Crippen LogP contribution in [0, 0.1) is 6.92 Å². The number of benzene rings is 1. The van der Waals surface area contributed by atoms with E-state index in [0.717, 1.165) is 0 Å². The van der Waals surface area contributed by atoms with Gasteiger partial charge in [-0.05, 0) is 30.7 Å². The van der Waals surface area contributed by atoms with Gasteiger partial charge in [0.25, 0.3) is 11.5 Å². The lowest BCUT2D eigenvalue weighted by Crippen LogP contribution is -2.41. The minimum Gasteiger partial charge on any atom is -0.454 e. The van der Waals surface area contributed by atoms with Crippen LogP contribution < -0.4 is 15.0 Å². The normalized spacial score (nSPS) is 22.1. The monoisotopic (exact) mass is 411 g/mol. The van der Waals surface area contributed by atoms with Crippen molar-refractivity contribution in [2.75, 3.05) is 33.5 Å². The van der Waals surface area contributed by atoms with Crippen molar-refractivity contribution in [3.8, 4) is 17.2 Å². The van der Waals surface area contributed by atoms with Crippen molar-refractivity contribution in [1.29, 1.82) is 0 Å². The molecular formula is C21H21N3O6. The van der Waals surface area contributed by atoms with Crippen molar-refractivity contribution in [1.82, 2.24) is 14.4 Å². The molecule has 2 amide bonds. The Morgan fingerprint density at radius 3 is 2.67 bits per heavy atom. The summed E-state index contributed by atoms with van der Waals surface area (Å²) < 4.78 is 17.7. The first-order chi connectivity index (χ1) is 14.4. The summed E-state index contributed by atoms with van der Waals surface area (Å²) in [5.74, 6) is 0.824. The van der Waals surface area contributed by atoms with Gasteiger partial charge in [0.1, 0.15) is 5.56 Å². The topological polar surface area (TPSA) is 90.3 Å². The molecule has 5 rings (SSSR count). The maximum Gasteiger partial charge on any atom is 0.410 e. The Kier molecular flexibility index (Phi) is 4.02. The molecule has 1 atom stereocenters. The number of hydrogen-bond acceptors (Lipinski definition) is 6. The van der Waals surface area contributed by atoms with Gasteiger partial charge >= 0.3 is 6.09 Å². The molecule has 0 radical (unpaired) electrons. The van der Waals surface area contributed by atoms with Crippen LogP contribution in [0.1, 0.15) is 22.3 Å². The number of ether oxygens (including phenoxy) is 3. The lowest BCUT2D eigenvalue weighted by Gasteiger charge is -2.22. The maximum atomic E-state index is 13.3. The van der Waals surface area contributed by atoms with Crippen molar-refractivity contribution < 1.29 is 23.8 Å². The molecule has 2 fully saturated rings. The number of nitrogens with zero attached hydrogens (tertiary/aromatic N) is 3. The van der Waals surface area contributed by atoms with E-state index < -0.39 is 11.2 Å². The third-order valence-electron chi connectivity index (χ3n) is 5.89. The van der Waals surface area contributed by atoms with E-state index in [2.05, 4.69) is 0 Å². The maximum absolute atomic E-state index is 13.3. The van der Waals surface area contributed by atoms with E-state index in [0.29, 0.717) is 42.3 Å². The van der Waals surface area contributed by atoms with E-state index in [-0.39, 0.29) is 30.9 Å². The second kappa shape index (κ2) is 6.51. The minimum absolute atomic E-state index is 0.116. The van der Waals surface area contributed by atoms with Gasteiger partial charge in [-0.25, -0.2) is 4.79 Å². The lowest BCUT2D eigenvalue weighted by atomic mass is 10.0. The summed E-state index contributed by atoms with van der Waals surface area (Å²) in [5, 5.41) is 0. The summed E-state index contributed by atoms with van der Waals surface area (Å²) >= 11 is 0. The lowest BCUT2D eigenvalue weighted by molar-refractivity contribution is 0.0551. The number of fused-ring (bicyclic) bond motifs is 1. The molecular weight excluding hydrogens is 390 g/mol. The predicted molar refractivity (Wildman–Crippen MR) is 105 cm³/mol. The summed E-state index contributed by atoms with van der Waals surface area (Å²) in [5.41, 5.74) is 0.205. The number of carbonyl (C=O) groups excluding carboxylic acids is 2. The van der Waals surface area contributed by atoms with Crippen LogP contribution in [0.25, 0.3) is 5.69 Å². The van der Waals surface area contributed by atoms with Gasteiger partial charge in [0, 0.05) is 32.3 Å². The Morgan fingerprint density at radius 1 is 1.10 bits per heavy atom. The van der Waals surface area contributed by atoms with Gasteiger partial charge in [-0.1, -0.05) is 0 Å². The first kappa shape index (κ1) is 18.5. The van der Waals surface area contributed by atoms with Crippen LogP contribution in [0.5, 0.6) is 11.5 Å². The van der Waals surface area contributed by atoms with E-state index in [4.69, 9.17) is 14.2 Å². The van der Waals surface area contributed by atoms with Crippen LogP contribution in [0.4, 0.5) is 4.79 Å². The first-order valence-corrected chi connectivity index (χ1v) is 9.73. The second-order valence-electron chi connectivity index (χ2n) is 7.97. The van der Waals surface area contributed by atoms with Crippen molar-refractivity contribution in [3.63, 3.8) is 0 Å². The number of carbonyl (C=O) groups is 2. The molecule has 1 aromatic carbocycles. The molecule has 0 aliphatic carbocycles. The van der Waals surface area contributed by atoms with E-state index in [1.807, 2.05) is 0 Å². The fraction of sp³-hybridized carbons (Fsp3) is 0.381. The Morgan fingerprint density at radius 2 is 1.90 bits per heavy atom. The molecule has 1 unspecified atom stereocenters. The average Bonchev–Trinajstić information content (AvgIpc) is 3.41. The van der Waals surface area contributed by atoms with Crippen LogP contribution in [0.15, 0.2) is 35.3 Å². The number of likely N-dealkylation sites (N-methyl/N-ethyl adjacent to an activating group) is 1. The summed E-state index contributed by atoms with van der Waals surface area (Å²) in [6, 6.07) is 6.94. The van der Waals surface area contributed by atoms with Crippen molar-refractivity contribution in [2.24, 2.45) is 0 Å². The fourth-order valence-electron chi connectivity index (χ4n) is 4.31. The smallest absolute Gasteiger partial charge is 0.410 e. The quantitative estimate of drug-likeness (QED) is 0.745. The largest absolute Gasteiger partial charge is 0.454 e. The number of likely N-dealkylation sites (tertiary alicyclic amines) is 1. The zero-order valence-corrected chi connectivity index (χ0v) is 16.7. The van der Waals surface area contributed by atoms with Crippen LogP contribution in [0.2, 0.25) is 0 Å². The second-order valence-corrected chi connectivity index (χ2v) is 7.97. The van der Waals surface area contributed by atoms with Crippen LogP contribution >= 0.6 is 0 Å². The molecule has 30 heavy (non-hydrogen) atoms. The standard InChI is InChI=1S/C21H21N3O6/c1-13-5-7-24(14-3-4-15-16(9-14)29-12-28-15)19(26)17(13)18(25)23-8-6-21(11-23)10-22(2)20(27)30-21/h3-5,7,9H,6,8,10-12H2,1-2H3. The highest BCUT2D eigenvalue weighted by atomic mass is 16.7. The number of aromatic nitrogens is 1. The van der Waals surface area contributed by atoms with E-state index in [1.165, 1.54) is 9.47 Å². The minimum atomic E-state index is -0.694. The molecule has 9 nitrogen and oxygen atoms in total. The first-order valence-electron chi connectivity index (χ1n) is 9.73. The van der Waals surface area contributed by atoms with Crippen molar-refractivity contribution in [2.45, 2.75) is 18.9 Å². The Hall–Kier alpha value is -3.49. The molecule has 3 aliphatic rings. The zero-order chi connectivity index (χ0) is 21.0. The molecule has 1 spiro atoms. The third kappa shape index (κ3) is 2.80. The molecule has 9 heteroatoms. The number of hydrogen-bond donors (Lipinski definition) is 0. The number of aryl methyl sites for hydroxylation is 1. The van der Waals surface area contributed by atoms with Crippen LogP contribution in [-0.4, -0.2) is 65.4 Å². The average molecular weight is 411 g/mol. The Labute approximate surface area is 172 Å². The van der Waals surface area contributed by atoms with E-state index in [1.54, 1.807) is 49.3 Å². The van der Waals surface area contributed by atoms with Crippen molar-refractivity contribution >= 4 is 12.0 Å². The predicted octanol–water partition coefficient (Wildman–Crippen LogP) is 1.54. The van der Waals surface area contributed by atoms with Gasteiger partial charge in [-0.3, -0.25) is 14.2 Å². The van der Waals surface area contributed by atoms with E-state index >= 15 is 0 Å². The summed E-state index contributed by atoms with van der Waals surface area (Å²) in [4.78, 5) is 41.4. The molecule has 0 saturated carbocycles. The van der Waals surface area contributed by atoms with Gasteiger partial charge < -0.3 is 24.0 Å². The molecule has 0 N–H and O–H groups in total. The number of pyridine rings is 1. The Bertz CT molecular complexity index is 1130. The highest BCUT2D eigenvalue weighted by molar-refractivity contribution is 5.95. The van der Waals surface area contributed by atoms with Crippen LogP contribution in [-0.2, 0) is 4.74 Å². The van der Waals surface area contributed by atoms with Gasteiger partial charge in [0.2, 0.25) is 6.79 Å². The number of rotatable bonds is 2. The zero-order valence-electron chi connectivity index (χ0n) is 16.7. The molecule has 3 aliphatic heterocycles. The van der Waals surface area contributed by atoms with Crippen molar-refractivity contribution in [3.05, 3.63) is 51.9 Å². The van der Waals surface area contributed by atoms with Gasteiger partial charge in [0.15, 0.2) is 17.1 Å². The number of amides is 2. The third-order valence-corrected chi connectivity index (χ3v) is 5.89. The molecule has 2 saturated heterocycles. The molecule has 4 heterocycles. The molecule has 2 aromatic rings. The molecule has 156 valence electrons. The highest BCUT2D eigenvalue weighted by Gasteiger charge is 2.49. The summed E-state index contributed by atoms with van der Waals surface area (Å²) in [7, 11) is 1.67. The molecule has 1 aromatic heterocycles. The fourth-order valence-corrected chi connectivity index (χ4v) is 4.31. The molecule has 0 bridgehead atoms. The summed E-state index contributed by atoms with van der Waals surface area (Å²) in [6.45, 7) is 3.03. The SMILES string of the molecule is Cc1ccn(-c2ccc3c(c2)OCO3)c(=O)c1C(=O)N1CCC2(CN(C)C(=O)O2)C1. The van der Waals surface area contributed by atoms with Gasteiger partial charge in [-0.15, -0.1) is 0 Å². The van der Waals surface area contributed by atoms with E-state index in [9.17, 15) is 14.4 Å². The highest BCUT2D eigenvalue weighted by Crippen LogP contribution is 2.34. The Balaban J connectivity index is 1.46. The van der Waals surface area contributed by atoms with Crippen LogP contribution in [0.3, 0.4) is 0 Å². The summed E-state index contributed by atoms with van der Waals surface area (Å²) in [6.07, 6.45) is 1.81. The van der Waals surface area contributed by atoms with Gasteiger partial charge in [0.05, 0.1) is 18.8 Å². The van der Waals surface area contributed by atoms with Gasteiger partial charge in [-0.2, -0.15) is 0 Å².